The maximum absolute atomic E-state index is 13.1. The molecule has 0 spiro atoms. The van der Waals surface area contributed by atoms with Crippen LogP contribution in [0.3, 0.4) is 0 Å². The summed E-state index contributed by atoms with van der Waals surface area (Å²) in [5.41, 5.74) is -1.25. The Morgan fingerprint density at radius 2 is 1.27 bits per heavy atom. The Morgan fingerprint density at radius 1 is 0.758 bits per heavy atom. The average molecular weight is 456 g/mol. The molecular formula is C27H28F3NO2. The highest BCUT2D eigenvalue weighted by molar-refractivity contribution is 5.36. The fraction of sp³-hybridized carbons (Fsp3) is 0.333. The smallest absolute Gasteiger partial charge is 0.385 e. The quantitative estimate of drug-likeness (QED) is 0.529. The molecular weight excluding hydrogens is 427 g/mol. The number of halogens is 3. The van der Waals surface area contributed by atoms with Crippen molar-refractivity contribution in [3.63, 3.8) is 0 Å². The number of alkyl halides is 3. The van der Waals surface area contributed by atoms with E-state index in [9.17, 15) is 23.4 Å². The second-order valence-corrected chi connectivity index (χ2v) is 8.79. The van der Waals surface area contributed by atoms with Gasteiger partial charge in [-0.05, 0) is 48.1 Å². The second-order valence-electron chi connectivity index (χ2n) is 8.79. The summed E-state index contributed by atoms with van der Waals surface area (Å²) < 4.78 is 39.3. The first-order chi connectivity index (χ1) is 15.7. The molecule has 0 aromatic heterocycles. The Hall–Kier alpha value is -2.67. The minimum absolute atomic E-state index is 0.307. The SMILES string of the molecule is OC1(c2cccc(C(F)(F)F)c2)CCN(CCC(O)(c2ccccc2)c2ccccc2)CC1. The van der Waals surface area contributed by atoms with Gasteiger partial charge in [0.2, 0.25) is 0 Å². The minimum atomic E-state index is -4.44. The van der Waals surface area contributed by atoms with Crippen LogP contribution in [0.1, 0.15) is 41.5 Å². The van der Waals surface area contributed by atoms with Crippen LogP contribution in [0.2, 0.25) is 0 Å². The third-order valence-corrected chi connectivity index (χ3v) is 6.70. The van der Waals surface area contributed by atoms with Gasteiger partial charge in [-0.3, -0.25) is 0 Å². The topological polar surface area (TPSA) is 43.7 Å². The Bertz CT molecular complexity index is 1010. The Morgan fingerprint density at radius 3 is 1.79 bits per heavy atom. The van der Waals surface area contributed by atoms with Crippen LogP contribution in [-0.4, -0.2) is 34.7 Å². The summed E-state index contributed by atoms with van der Waals surface area (Å²) in [5, 5.41) is 22.8. The zero-order valence-corrected chi connectivity index (χ0v) is 18.3. The van der Waals surface area contributed by atoms with Gasteiger partial charge in [0.15, 0.2) is 0 Å². The first-order valence-electron chi connectivity index (χ1n) is 11.2. The fourth-order valence-corrected chi connectivity index (χ4v) is 4.62. The number of hydrogen-bond donors (Lipinski definition) is 2. The number of hydrogen-bond acceptors (Lipinski definition) is 3. The summed E-state index contributed by atoms with van der Waals surface area (Å²) in [4.78, 5) is 2.15. The number of piperidine rings is 1. The van der Waals surface area contributed by atoms with Crippen LogP contribution in [0.4, 0.5) is 13.2 Å². The van der Waals surface area contributed by atoms with E-state index < -0.39 is 22.9 Å². The molecule has 1 heterocycles. The molecule has 0 bridgehead atoms. The van der Waals surface area contributed by atoms with E-state index in [4.69, 9.17) is 0 Å². The van der Waals surface area contributed by atoms with Gasteiger partial charge in [0, 0.05) is 19.6 Å². The molecule has 4 rings (SSSR count). The van der Waals surface area contributed by atoms with Gasteiger partial charge in [-0.25, -0.2) is 0 Å². The summed E-state index contributed by atoms with van der Waals surface area (Å²) >= 11 is 0. The number of likely N-dealkylation sites (tertiary alicyclic amines) is 1. The molecule has 0 unspecified atom stereocenters. The highest BCUT2D eigenvalue weighted by Gasteiger charge is 2.38. The van der Waals surface area contributed by atoms with Crippen molar-refractivity contribution in [3.05, 3.63) is 107 Å². The molecule has 33 heavy (non-hydrogen) atoms. The van der Waals surface area contributed by atoms with Crippen LogP contribution >= 0.6 is 0 Å². The van der Waals surface area contributed by atoms with Gasteiger partial charge in [0.1, 0.15) is 5.60 Å². The first-order valence-corrected chi connectivity index (χ1v) is 11.2. The van der Waals surface area contributed by atoms with Crippen molar-refractivity contribution in [1.29, 1.82) is 0 Å². The van der Waals surface area contributed by atoms with E-state index in [-0.39, 0.29) is 0 Å². The molecule has 174 valence electrons. The van der Waals surface area contributed by atoms with E-state index in [0.29, 0.717) is 44.5 Å². The van der Waals surface area contributed by atoms with Gasteiger partial charge in [-0.1, -0.05) is 72.8 Å². The molecule has 6 heteroatoms. The van der Waals surface area contributed by atoms with E-state index in [0.717, 1.165) is 23.3 Å². The molecule has 1 saturated heterocycles. The van der Waals surface area contributed by atoms with Crippen LogP contribution in [-0.2, 0) is 17.4 Å². The van der Waals surface area contributed by atoms with Crippen molar-refractivity contribution in [2.75, 3.05) is 19.6 Å². The summed E-state index contributed by atoms with van der Waals surface area (Å²) in [7, 11) is 0. The van der Waals surface area contributed by atoms with Gasteiger partial charge >= 0.3 is 6.18 Å². The predicted octanol–water partition coefficient (Wildman–Crippen LogP) is 5.32. The molecule has 3 aromatic rings. The van der Waals surface area contributed by atoms with Gasteiger partial charge in [-0.2, -0.15) is 13.2 Å². The van der Waals surface area contributed by atoms with Gasteiger partial charge in [0.25, 0.3) is 0 Å². The third-order valence-electron chi connectivity index (χ3n) is 6.70. The molecule has 2 N–H and O–H groups in total. The van der Waals surface area contributed by atoms with Crippen molar-refractivity contribution >= 4 is 0 Å². The number of aliphatic hydroxyl groups is 2. The summed E-state index contributed by atoms with van der Waals surface area (Å²) in [6.07, 6.45) is -3.30. The first kappa shape index (κ1) is 23.5. The lowest BCUT2D eigenvalue weighted by Gasteiger charge is -2.40. The van der Waals surface area contributed by atoms with Gasteiger partial charge in [0.05, 0.1) is 11.2 Å². The van der Waals surface area contributed by atoms with Crippen LogP contribution in [0.15, 0.2) is 84.9 Å². The molecule has 0 radical (unpaired) electrons. The molecule has 3 nitrogen and oxygen atoms in total. The van der Waals surface area contributed by atoms with Crippen molar-refractivity contribution in [2.45, 2.75) is 36.6 Å². The number of benzene rings is 3. The van der Waals surface area contributed by atoms with E-state index in [1.165, 1.54) is 6.07 Å². The van der Waals surface area contributed by atoms with E-state index >= 15 is 0 Å². The molecule has 1 aliphatic rings. The molecule has 0 aliphatic carbocycles. The lowest BCUT2D eigenvalue weighted by Crippen LogP contribution is -2.44. The Balaban J connectivity index is 1.45. The maximum Gasteiger partial charge on any atom is 0.416 e. The molecule has 0 atom stereocenters. The largest absolute Gasteiger partial charge is 0.416 e. The van der Waals surface area contributed by atoms with Gasteiger partial charge < -0.3 is 15.1 Å². The standard InChI is InChI=1S/C27H28F3NO2/c28-27(29,30)24-13-7-12-23(20-24)25(32)14-17-31(18-15-25)19-16-26(33,21-8-3-1-4-9-21)22-10-5-2-6-11-22/h1-13,20,32-33H,14-19H2. The lowest BCUT2D eigenvalue weighted by atomic mass is 9.82. The molecule has 1 aliphatic heterocycles. The fourth-order valence-electron chi connectivity index (χ4n) is 4.62. The summed E-state index contributed by atoms with van der Waals surface area (Å²) in [5.74, 6) is 0. The average Bonchev–Trinajstić information content (AvgIpc) is 2.84. The van der Waals surface area contributed by atoms with Crippen LogP contribution in [0, 0.1) is 0 Å². The monoisotopic (exact) mass is 455 g/mol. The van der Waals surface area contributed by atoms with Crippen molar-refractivity contribution in [2.24, 2.45) is 0 Å². The highest BCUT2D eigenvalue weighted by Crippen LogP contribution is 2.38. The normalized spacial score (nSPS) is 17.1. The van der Waals surface area contributed by atoms with Crippen molar-refractivity contribution < 1.29 is 23.4 Å². The summed E-state index contributed by atoms with van der Waals surface area (Å²) in [6, 6.07) is 24.1. The zero-order chi connectivity index (χ0) is 23.5. The highest BCUT2D eigenvalue weighted by atomic mass is 19.4. The van der Waals surface area contributed by atoms with E-state index in [1.54, 1.807) is 6.07 Å². The molecule has 3 aromatic carbocycles. The number of rotatable bonds is 6. The van der Waals surface area contributed by atoms with Crippen LogP contribution in [0.25, 0.3) is 0 Å². The Labute approximate surface area is 192 Å². The Kier molecular flexibility index (Phi) is 6.61. The molecule has 0 saturated carbocycles. The molecule has 1 fully saturated rings. The minimum Gasteiger partial charge on any atom is -0.385 e. The molecule has 0 amide bonds. The van der Waals surface area contributed by atoms with Crippen LogP contribution in [0.5, 0.6) is 0 Å². The van der Waals surface area contributed by atoms with Crippen molar-refractivity contribution in [1.82, 2.24) is 4.90 Å². The summed E-state index contributed by atoms with van der Waals surface area (Å²) in [6.45, 7) is 1.66. The number of nitrogens with zero attached hydrogens (tertiary/aromatic N) is 1. The third kappa shape index (κ3) is 5.13. The zero-order valence-electron chi connectivity index (χ0n) is 18.3. The van der Waals surface area contributed by atoms with E-state index in [1.807, 2.05) is 60.7 Å². The van der Waals surface area contributed by atoms with Gasteiger partial charge in [-0.15, -0.1) is 0 Å². The second kappa shape index (κ2) is 9.29. The van der Waals surface area contributed by atoms with Crippen molar-refractivity contribution in [3.8, 4) is 0 Å². The lowest BCUT2D eigenvalue weighted by molar-refractivity contribution is -0.137. The maximum atomic E-state index is 13.1. The predicted molar refractivity (Wildman–Crippen MR) is 122 cm³/mol. The van der Waals surface area contributed by atoms with E-state index in [2.05, 4.69) is 4.90 Å². The van der Waals surface area contributed by atoms with Crippen LogP contribution < -0.4 is 0 Å².